The van der Waals surface area contributed by atoms with Gasteiger partial charge in [0.25, 0.3) is 0 Å². The van der Waals surface area contributed by atoms with E-state index in [1.807, 2.05) is 12.1 Å². The van der Waals surface area contributed by atoms with Crippen LogP contribution >= 0.6 is 0 Å². The number of methoxy groups -OCH3 is 1. The number of hydrogen-bond acceptors (Lipinski definition) is 3. The molecule has 0 aromatic heterocycles. The second kappa shape index (κ2) is 6.21. The third-order valence-electron chi connectivity index (χ3n) is 3.75. The van der Waals surface area contributed by atoms with E-state index in [0.717, 1.165) is 18.7 Å². The van der Waals surface area contributed by atoms with Crippen molar-refractivity contribution in [3.8, 4) is 5.75 Å². The highest BCUT2D eigenvalue weighted by atomic mass is 16.5. The zero-order valence-corrected chi connectivity index (χ0v) is 11.6. The van der Waals surface area contributed by atoms with E-state index in [1.165, 1.54) is 18.5 Å². The lowest BCUT2D eigenvalue weighted by atomic mass is 10.0. The molecule has 1 N–H and O–H groups in total. The van der Waals surface area contributed by atoms with E-state index in [1.54, 1.807) is 7.11 Å². The molecule has 3 heteroatoms. The predicted octanol–water partition coefficient (Wildman–Crippen LogP) is 2.44. The Balaban J connectivity index is 2.08. The number of ether oxygens (including phenoxy) is 1. The SMILES string of the molecule is CCC(NC1CCN(C)C1)c1ccccc1OC. The average molecular weight is 248 g/mol. The molecule has 18 heavy (non-hydrogen) atoms. The quantitative estimate of drug-likeness (QED) is 0.866. The highest BCUT2D eigenvalue weighted by Crippen LogP contribution is 2.27. The number of rotatable bonds is 5. The largest absolute Gasteiger partial charge is 0.496 e. The van der Waals surface area contributed by atoms with E-state index in [-0.39, 0.29) is 0 Å². The van der Waals surface area contributed by atoms with Gasteiger partial charge in [-0.1, -0.05) is 25.1 Å². The molecule has 1 heterocycles. The highest BCUT2D eigenvalue weighted by molar-refractivity contribution is 5.35. The van der Waals surface area contributed by atoms with Crippen molar-refractivity contribution in [2.45, 2.75) is 31.8 Å². The van der Waals surface area contributed by atoms with Crippen molar-refractivity contribution < 1.29 is 4.74 Å². The number of likely N-dealkylation sites (tertiary alicyclic amines) is 1. The van der Waals surface area contributed by atoms with Crippen LogP contribution in [-0.2, 0) is 0 Å². The summed E-state index contributed by atoms with van der Waals surface area (Å²) in [5, 5.41) is 3.77. The van der Waals surface area contributed by atoms with Gasteiger partial charge < -0.3 is 15.0 Å². The molecule has 0 radical (unpaired) electrons. The summed E-state index contributed by atoms with van der Waals surface area (Å²) in [6, 6.07) is 9.31. The molecule has 1 aromatic rings. The van der Waals surface area contributed by atoms with Crippen LogP contribution in [0.5, 0.6) is 5.75 Å². The predicted molar refractivity (Wildman–Crippen MR) is 75.1 cm³/mol. The smallest absolute Gasteiger partial charge is 0.123 e. The summed E-state index contributed by atoms with van der Waals surface area (Å²) in [5.41, 5.74) is 1.28. The second-order valence-electron chi connectivity index (χ2n) is 5.12. The van der Waals surface area contributed by atoms with Crippen molar-refractivity contribution in [1.29, 1.82) is 0 Å². The third-order valence-corrected chi connectivity index (χ3v) is 3.75. The maximum absolute atomic E-state index is 5.46. The molecule has 2 atom stereocenters. The van der Waals surface area contributed by atoms with Gasteiger partial charge in [-0.05, 0) is 32.5 Å². The Morgan fingerprint density at radius 2 is 2.22 bits per heavy atom. The normalized spacial score (nSPS) is 22.1. The number of nitrogens with zero attached hydrogens (tertiary/aromatic N) is 1. The molecule has 1 fully saturated rings. The van der Waals surface area contributed by atoms with Crippen LogP contribution in [0.4, 0.5) is 0 Å². The maximum atomic E-state index is 5.46. The van der Waals surface area contributed by atoms with Gasteiger partial charge in [0.2, 0.25) is 0 Å². The summed E-state index contributed by atoms with van der Waals surface area (Å²) in [5.74, 6) is 0.989. The van der Waals surface area contributed by atoms with E-state index in [2.05, 4.69) is 36.3 Å². The minimum atomic E-state index is 0.387. The molecule has 1 aliphatic rings. The van der Waals surface area contributed by atoms with Crippen LogP contribution in [0.25, 0.3) is 0 Å². The van der Waals surface area contributed by atoms with Crippen molar-refractivity contribution in [1.82, 2.24) is 10.2 Å². The van der Waals surface area contributed by atoms with Gasteiger partial charge in [-0.2, -0.15) is 0 Å². The lowest BCUT2D eigenvalue weighted by Gasteiger charge is -2.23. The van der Waals surface area contributed by atoms with Crippen LogP contribution in [0.15, 0.2) is 24.3 Å². The Hall–Kier alpha value is -1.06. The Bertz CT molecular complexity index is 381. The summed E-state index contributed by atoms with van der Waals surface area (Å²) in [6.07, 6.45) is 2.32. The van der Waals surface area contributed by atoms with Gasteiger partial charge in [-0.3, -0.25) is 0 Å². The van der Waals surface area contributed by atoms with Gasteiger partial charge in [-0.25, -0.2) is 0 Å². The first kappa shape index (κ1) is 13.4. The number of benzene rings is 1. The summed E-state index contributed by atoms with van der Waals surface area (Å²) < 4.78 is 5.46. The van der Waals surface area contributed by atoms with Gasteiger partial charge in [0.05, 0.1) is 7.11 Å². The molecule has 0 spiro atoms. The zero-order valence-electron chi connectivity index (χ0n) is 11.6. The number of likely N-dealkylation sites (N-methyl/N-ethyl adjacent to an activating group) is 1. The fourth-order valence-corrected chi connectivity index (χ4v) is 2.74. The summed E-state index contributed by atoms with van der Waals surface area (Å²) in [6.45, 7) is 4.56. The van der Waals surface area contributed by atoms with E-state index in [4.69, 9.17) is 4.74 Å². The number of para-hydroxylation sites is 1. The van der Waals surface area contributed by atoms with Crippen molar-refractivity contribution in [2.24, 2.45) is 0 Å². The Kier molecular flexibility index (Phi) is 4.61. The molecule has 0 bridgehead atoms. The first-order valence-corrected chi connectivity index (χ1v) is 6.82. The molecule has 1 saturated heterocycles. The van der Waals surface area contributed by atoms with Gasteiger partial charge >= 0.3 is 0 Å². The molecule has 1 aromatic carbocycles. The molecular formula is C15H24N2O. The molecule has 0 amide bonds. The van der Waals surface area contributed by atoms with Gasteiger partial charge in [0.1, 0.15) is 5.75 Å². The van der Waals surface area contributed by atoms with E-state index < -0.39 is 0 Å². The van der Waals surface area contributed by atoms with Crippen LogP contribution in [0, 0.1) is 0 Å². The lowest BCUT2D eigenvalue weighted by molar-refractivity contribution is 0.366. The topological polar surface area (TPSA) is 24.5 Å². The molecule has 1 aliphatic heterocycles. The van der Waals surface area contributed by atoms with E-state index in [9.17, 15) is 0 Å². The van der Waals surface area contributed by atoms with Gasteiger partial charge in [0, 0.05) is 24.2 Å². The zero-order chi connectivity index (χ0) is 13.0. The highest BCUT2D eigenvalue weighted by Gasteiger charge is 2.23. The first-order chi connectivity index (χ1) is 8.74. The van der Waals surface area contributed by atoms with Crippen molar-refractivity contribution in [2.75, 3.05) is 27.2 Å². The fourth-order valence-electron chi connectivity index (χ4n) is 2.74. The molecule has 3 nitrogen and oxygen atoms in total. The van der Waals surface area contributed by atoms with Crippen molar-refractivity contribution in [3.63, 3.8) is 0 Å². The maximum Gasteiger partial charge on any atom is 0.123 e. The standard InChI is InChI=1S/C15H24N2O/c1-4-14(16-12-9-10-17(2)11-12)13-7-5-6-8-15(13)18-3/h5-8,12,14,16H,4,9-11H2,1-3H3. The second-order valence-corrected chi connectivity index (χ2v) is 5.12. The Labute approximate surface area is 110 Å². The monoisotopic (exact) mass is 248 g/mol. The summed E-state index contributed by atoms with van der Waals surface area (Å²) in [4.78, 5) is 2.38. The average Bonchev–Trinajstić information content (AvgIpc) is 2.81. The molecule has 0 saturated carbocycles. The van der Waals surface area contributed by atoms with Crippen molar-refractivity contribution in [3.05, 3.63) is 29.8 Å². The minimum absolute atomic E-state index is 0.387. The van der Waals surface area contributed by atoms with Gasteiger partial charge in [-0.15, -0.1) is 0 Å². The van der Waals surface area contributed by atoms with E-state index >= 15 is 0 Å². The first-order valence-electron chi connectivity index (χ1n) is 6.82. The molecule has 2 rings (SSSR count). The van der Waals surface area contributed by atoms with Crippen LogP contribution in [0.1, 0.15) is 31.4 Å². The fraction of sp³-hybridized carbons (Fsp3) is 0.600. The van der Waals surface area contributed by atoms with E-state index in [0.29, 0.717) is 12.1 Å². The Morgan fingerprint density at radius 3 is 2.83 bits per heavy atom. The van der Waals surface area contributed by atoms with Gasteiger partial charge in [0.15, 0.2) is 0 Å². The number of hydrogen-bond donors (Lipinski definition) is 1. The third kappa shape index (κ3) is 3.03. The number of nitrogens with one attached hydrogen (secondary N) is 1. The molecule has 2 unspecified atom stereocenters. The summed E-state index contributed by atoms with van der Waals surface area (Å²) >= 11 is 0. The minimum Gasteiger partial charge on any atom is -0.496 e. The molecule has 100 valence electrons. The van der Waals surface area contributed by atoms with Crippen LogP contribution in [-0.4, -0.2) is 38.2 Å². The van der Waals surface area contributed by atoms with Crippen LogP contribution in [0.2, 0.25) is 0 Å². The van der Waals surface area contributed by atoms with Crippen molar-refractivity contribution >= 4 is 0 Å². The Morgan fingerprint density at radius 1 is 1.44 bits per heavy atom. The van der Waals surface area contributed by atoms with Crippen LogP contribution in [0.3, 0.4) is 0 Å². The summed E-state index contributed by atoms with van der Waals surface area (Å²) in [7, 11) is 3.93. The van der Waals surface area contributed by atoms with Crippen LogP contribution < -0.4 is 10.1 Å². The molecular weight excluding hydrogens is 224 g/mol. The molecule has 0 aliphatic carbocycles. The lowest BCUT2D eigenvalue weighted by Crippen LogP contribution is -2.34.